The molecule has 5 heteroatoms. The molecular formula is C18H25BO4. The van der Waals surface area contributed by atoms with Crippen molar-refractivity contribution < 1.29 is 18.8 Å². The summed E-state index contributed by atoms with van der Waals surface area (Å²) in [5.74, 6) is 6.61. The Kier molecular flexibility index (Phi) is 5.41. The van der Waals surface area contributed by atoms with Gasteiger partial charge < -0.3 is 18.8 Å². The van der Waals surface area contributed by atoms with Crippen molar-refractivity contribution in [1.82, 2.24) is 0 Å². The molecule has 0 aromatic heterocycles. The summed E-state index contributed by atoms with van der Waals surface area (Å²) >= 11 is 0. The highest BCUT2D eigenvalue weighted by Crippen LogP contribution is 2.37. The van der Waals surface area contributed by atoms with Crippen molar-refractivity contribution >= 4 is 12.6 Å². The zero-order chi connectivity index (χ0) is 17.1. The lowest BCUT2D eigenvalue weighted by Crippen LogP contribution is -2.41. The van der Waals surface area contributed by atoms with Crippen LogP contribution in [0, 0.1) is 11.8 Å². The van der Waals surface area contributed by atoms with E-state index >= 15 is 0 Å². The molecular weight excluding hydrogens is 291 g/mol. The summed E-state index contributed by atoms with van der Waals surface area (Å²) in [5, 5.41) is 0. The molecule has 23 heavy (non-hydrogen) atoms. The Morgan fingerprint density at radius 1 is 1.13 bits per heavy atom. The molecule has 1 saturated heterocycles. The van der Waals surface area contributed by atoms with Gasteiger partial charge in [-0.3, -0.25) is 0 Å². The predicted molar refractivity (Wildman–Crippen MR) is 91.8 cm³/mol. The molecule has 0 bridgehead atoms. The van der Waals surface area contributed by atoms with Crippen molar-refractivity contribution in [1.29, 1.82) is 0 Å². The minimum atomic E-state index is -0.472. The fourth-order valence-electron chi connectivity index (χ4n) is 2.23. The first-order valence-corrected chi connectivity index (χ1v) is 7.93. The minimum absolute atomic E-state index is 0.187. The van der Waals surface area contributed by atoms with E-state index in [2.05, 4.69) is 11.8 Å². The van der Waals surface area contributed by atoms with Gasteiger partial charge in [0.15, 0.2) is 6.79 Å². The minimum Gasteiger partial charge on any atom is -0.468 e. The lowest BCUT2D eigenvalue weighted by Gasteiger charge is -2.32. The highest BCUT2D eigenvalue weighted by molar-refractivity contribution is 6.63. The van der Waals surface area contributed by atoms with Crippen LogP contribution in [0.2, 0.25) is 0 Å². The topological polar surface area (TPSA) is 36.9 Å². The first kappa shape index (κ1) is 17.9. The van der Waals surface area contributed by atoms with Crippen LogP contribution in [-0.4, -0.2) is 31.7 Å². The molecule has 0 N–H and O–H groups in total. The fourth-order valence-corrected chi connectivity index (χ4v) is 2.23. The van der Waals surface area contributed by atoms with E-state index in [0.717, 1.165) is 11.0 Å². The Balaban J connectivity index is 2.31. The maximum atomic E-state index is 6.12. The molecule has 0 atom stereocenters. The summed E-state index contributed by atoms with van der Waals surface area (Å²) in [5.41, 5.74) is 0.956. The van der Waals surface area contributed by atoms with Gasteiger partial charge in [-0.05, 0) is 53.7 Å². The Morgan fingerprint density at radius 2 is 1.78 bits per heavy atom. The van der Waals surface area contributed by atoms with Gasteiger partial charge in [-0.1, -0.05) is 12.0 Å². The van der Waals surface area contributed by atoms with E-state index in [9.17, 15) is 0 Å². The van der Waals surface area contributed by atoms with Crippen molar-refractivity contribution in [3.05, 3.63) is 23.8 Å². The van der Waals surface area contributed by atoms with Crippen LogP contribution in [0.25, 0.3) is 0 Å². The molecule has 0 saturated carbocycles. The summed E-state index contributed by atoms with van der Waals surface area (Å²) in [6.07, 6.45) is 0. The smallest absolute Gasteiger partial charge is 0.468 e. The van der Waals surface area contributed by atoms with Crippen LogP contribution in [-0.2, 0) is 14.0 Å². The molecule has 0 radical (unpaired) electrons. The van der Waals surface area contributed by atoms with Crippen LogP contribution >= 0.6 is 0 Å². The van der Waals surface area contributed by atoms with E-state index in [4.69, 9.17) is 18.8 Å². The normalized spacial score (nSPS) is 18.4. The monoisotopic (exact) mass is 316 g/mol. The molecule has 0 unspecified atom stereocenters. The zero-order valence-corrected chi connectivity index (χ0v) is 14.9. The van der Waals surface area contributed by atoms with Crippen molar-refractivity contribution in [2.45, 2.75) is 52.7 Å². The second-order valence-corrected chi connectivity index (χ2v) is 6.47. The predicted octanol–water partition coefficient (Wildman–Crippen LogP) is 2.73. The van der Waals surface area contributed by atoms with Crippen molar-refractivity contribution in [2.24, 2.45) is 0 Å². The number of hydrogen-bond acceptors (Lipinski definition) is 4. The Labute approximate surface area is 139 Å². The maximum Gasteiger partial charge on any atom is 0.498 e. The van der Waals surface area contributed by atoms with Crippen molar-refractivity contribution in [2.75, 3.05) is 13.4 Å². The van der Waals surface area contributed by atoms with Gasteiger partial charge in [-0.15, -0.1) is 5.92 Å². The average molecular weight is 316 g/mol. The highest BCUT2D eigenvalue weighted by atomic mass is 16.7. The number of ether oxygens (including phenoxy) is 2. The molecule has 1 aromatic rings. The van der Waals surface area contributed by atoms with Crippen molar-refractivity contribution in [3.8, 4) is 17.6 Å². The van der Waals surface area contributed by atoms with Gasteiger partial charge in [0.25, 0.3) is 0 Å². The van der Waals surface area contributed by atoms with E-state index in [0.29, 0.717) is 12.4 Å². The third-order valence-corrected chi connectivity index (χ3v) is 4.29. The van der Waals surface area contributed by atoms with Gasteiger partial charge in [-0.25, -0.2) is 0 Å². The van der Waals surface area contributed by atoms with Crippen LogP contribution in [0.3, 0.4) is 0 Å². The maximum absolute atomic E-state index is 6.12. The van der Waals surface area contributed by atoms with Gasteiger partial charge in [0.1, 0.15) is 5.75 Å². The van der Waals surface area contributed by atoms with Gasteiger partial charge >= 0.3 is 7.12 Å². The zero-order valence-electron chi connectivity index (χ0n) is 14.9. The lowest BCUT2D eigenvalue weighted by atomic mass is 9.78. The standard InChI is InChI=1S/C18H25BO4/c1-7-9-14-10-11-15(16(12-14)21-13-20-8-2)19-22-17(3,4)18(5,6)23-19/h10-12H,8,13H2,1-6H3. The molecule has 0 aliphatic carbocycles. The fraction of sp³-hybridized carbons (Fsp3) is 0.556. The highest BCUT2D eigenvalue weighted by Gasteiger charge is 2.52. The lowest BCUT2D eigenvalue weighted by molar-refractivity contribution is 0.00578. The molecule has 4 nitrogen and oxygen atoms in total. The van der Waals surface area contributed by atoms with E-state index in [1.54, 1.807) is 0 Å². The van der Waals surface area contributed by atoms with Crippen LogP contribution in [0.5, 0.6) is 5.75 Å². The van der Waals surface area contributed by atoms with Crippen LogP contribution in [0.4, 0.5) is 0 Å². The van der Waals surface area contributed by atoms with E-state index < -0.39 is 18.3 Å². The Hall–Kier alpha value is -1.48. The molecule has 1 aliphatic heterocycles. The Bertz CT molecular complexity index is 597. The summed E-state index contributed by atoms with van der Waals surface area (Å²) < 4.78 is 23.3. The first-order valence-electron chi connectivity index (χ1n) is 7.93. The Morgan fingerprint density at radius 3 is 2.35 bits per heavy atom. The average Bonchev–Trinajstić information content (AvgIpc) is 2.68. The van der Waals surface area contributed by atoms with Gasteiger partial charge in [0, 0.05) is 17.6 Å². The largest absolute Gasteiger partial charge is 0.498 e. The molecule has 0 spiro atoms. The third-order valence-electron chi connectivity index (χ3n) is 4.29. The SMILES string of the molecule is CC#Cc1ccc(B2OC(C)(C)C(C)(C)O2)c(OCOCC)c1. The molecule has 1 fully saturated rings. The molecule has 0 amide bonds. The first-order chi connectivity index (χ1) is 10.8. The van der Waals surface area contributed by atoms with E-state index in [-0.39, 0.29) is 6.79 Å². The van der Waals surface area contributed by atoms with E-state index in [1.165, 1.54) is 0 Å². The second kappa shape index (κ2) is 6.96. The van der Waals surface area contributed by atoms with Crippen LogP contribution in [0.15, 0.2) is 18.2 Å². The number of hydrogen-bond donors (Lipinski definition) is 0. The number of rotatable bonds is 5. The van der Waals surface area contributed by atoms with Gasteiger partial charge in [-0.2, -0.15) is 0 Å². The summed E-state index contributed by atoms with van der Waals surface area (Å²) in [6.45, 7) is 12.7. The second-order valence-electron chi connectivity index (χ2n) is 6.47. The molecule has 124 valence electrons. The third kappa shape index (κ3) is 3.90. The molecule has 1 heterocycles. The summed E-state index contributed by atoms with van der Waals surface area (Å²) in [7, 11) is -0.472. The van der Waals surface area contributed by atoms with Gasteiger partial charge in [0.05, 0.1) is 11.2 Å². The summed E-state index contributed by atoms with van der Waals surface area (Å²) in [4.78, 5) is 0. The molecule has 1 aliphatic rings. The van der Waals surface area contributed by atoms with Crippen molar-refractivity contribution in [3.63, 3.8) is 0 Å². The quantitative estimate of drug-likeness (QED) is 0.362. The summed E-state index contributed by atoms with van der Waals surface area (Å²) in [6, 6.07) is 5.80. The van der Waals surface area contributed by atoms with Crippen LogP contribution in [0.1, 0.15) is 47.1 Å². The van der Waals surface area contributed by atoms with E-state index in [1.807, 2.05) is 59.7 Å². The van der Waals surface area contributed by atoms with Crippen LogP contribution < -0.4 is 10.2 Å². The molecule has 2 rings (SSSR count). The molecule has 1 aromatic carbocycles. The number of benzene rings is 1. The van der Waals surface area contributed by atoms with Gasteiger partial charge in [0.2, 0.25) is 0 Å².